The second kappa shape index (κ2) is 3.65. The number of benzene rings is 1. The summed E-state index contributed by atoms with van der Waals surface area (Å²) in [5.41, 5.74) is 7.20. The van der Waals surface area contributed by atoms with Crippen LogP contribution in [0.4, 0.5) is 5.69 Å². The summed E-state index contributed by atoms with van der Waals surface area (Å²) in [5.74, 6) is 2.00. The molecule has 2 N–H and O–H groups in total. The van der Waals surface area contributed by atoms with E-state index in [4.69, 9.17) is 14.9 Å². The number of aryl methyl sites for hydroxylation is 1. The van der Waals surface area contributed by atoms with Gasteiger partial charge in [-0.1, -0.05) is 0 Å². The van der Waals surface area contributed by atoms with Gasteiger partial charge in [0, 0.05) is 5.56 Å². The van der Waals surface area contributed by atoms with Crippen molar-refractivity contribution in [3.05, 3.63) is 30.2 Å². The number of hydrogen-bond acceptors (Lipinski definition) is 4. The molecule has 0 spiro atoms. The van der Waals surface area contributed by atoms with E-state index in [-0.39, 0.29) is 0 Å². The Morgan fingerprint density at radius 2 is 2.20 bits per heavy atom. The van der Waals surface area contributed by atoms with Gasteiger partial charge in [0.05, 0.1) is 19.0 Å². The van der Waals surface area contributed by atoms with Crippen LogP contribution < -0.4 is 10.5 Å². The highest BCUT2D eigenvalue weighted by molar-refractivity contribution is 5.65. The van der Waals surface area contributed by atoms with Crippen molar-refractivity contribution < 1.29 is 9.15 Å². The average Bonchev–Trinajstić information content (AvgIpc) is 2.65. The molecule has 0 fully saturated rings. The van der Waals surface area contributed by atoms with Crippen molar-refractivity contribution >= 4 is 5.69 Å². The van der Waals surface area contributed by atoms with Crippen molar-refractivity contribution in [2.24, 2.45) is 0 Å². The van der Waals surface area contributed by atoms with Crippen LogP contribution in [-0.2, 0) is 0 Å². The van der Waals surface area contributed by atoms with Crippen LogP contribution >= 0.6 is 0 Å². The first kappa shape index (κ1) is 9.58. The molecule has 4 nitrogen and oxygen atoms in total. The van der Waals surface area contributed by atoms with E-state index < -0.39 is 0 Å². The summed E-state index contributed by atoms with van der Waals surface area (Å²) < 4.78 is 10.5. The van der Waals surface area contributed by atoms with Gasteiger partial charge in [0.2, 0.25) is 5.89 Å². The van der Waals surface area contributed by atoms with Crippen LogP contribution in [0.2, 0.25) is 0 Å². The van der Waals surface area contributed by atoms with E-state index in [1.165, 1.54) is 0 Å². The average molecular weight is 204 g/mol. The Labute approximate surface area is 87.7 Å². The third kappa shape index (κ3) is 1.79. The Balaban J connectivity index is 2.42. The molecule has 2 aromatic rings. The van der Waals surface area contributed by atoms with Crippen molar-refractivity contribution in [2.75, 3.05) is 12.8 Å². The zero-order valence-electron chi connectivity index (χ0n) is 8.65. The quantitative estimate of drug-likeness (QED) is 0.762. The third-order valence-electron chi connectivity index (χ3n) is 2.10. The maximum Gasteiger partial charge on any atom is 0.226 e. The summed E-state index contributed by atoms with van der Waals surface area (Å²) in [7, 11) is 1.58. The number of oxazole rings is 1. The van der Waals surface area contributed by atoms with Gasteiger partial charge < -0.3 is 14.9 Å². The zero-order chi connectivity index (χ0) is 10.8. The van der Waals surface area contributed by atoms with Crippen LogP contribution in [0.25, 0.3) is 11.5 Å². The summed E-state index contributed by atoms with van der Waals surface area (Å²) in [6.07, 6.45) is 1.68. The molecule has 0 saturated carbocycles. The molecule has 0 saturated heterocycles. The normalized spacial score (nSPS) is 10.3. The number of hydrogen-bond donors (Lipinski definition) is 1. The summed E-state index contributed by atoms with van der Waals surface area (Å²) in [6.45, 7) is 1.85. The van der Waals surface area contributed by atoms with Crippen molar-refractivity contribution in [1.29, 1.82) is 0 Å². The van der Waals surface area contributed by atoms with Gasteiger partial charge in [0.25, 0.3) is 0 Å². The molecule has 0 amide bonds. The maximum absolute atomic E-state index is 5.78. The van der Waals surface area contributed by atoms with Crippen molar-refractivity contribution in [3.8, 4) is 17.2 Å². The highest BCUT2D eigenvalue weighted by Crippen LogP contribution is 2.27. The fraction of sp³-hybridized carbons (Fsp3) is 0.182. The standard InChI is InChI=1S/C11H12N2O2/c1-7-6-13-11(15-7)8-3-4-10(14-2)9(12)5-8/h3-6H,12H2,1-2H3. The molecule has 4 heteroatoms. The molecule has 0 aliphatic rings. The molecule has 0 radical (unpaired) electrons. The van der Waals surface area contributed by atoms with Gasteiger partial charge in [-0.05, 0) is 25.1 Å². The number of anilines is 1. The minimum atomic E-state index is 0.571. The first-order valence-electron chi connectivity index (χ1n) is 4.57. The highest BCUT2D eigenvalue weighted by atomic mass is 16.5. The van der Waals surface area contributed by atoms with Crippen LogP contribution in [0.3, 0.4) is 0 Å². The van der Waals surface area contributed by atoms with Crippen LogP contribution in [0, 0.1) is 6.92 Å². The summed E-state index contributed by atoms with van der Waals surface area (Å²) in [5, 5.41) is 0. The number of nitrogens with two attached hydrogens (primary N) is 1. The lowest BCUT2D eigenvalue weighted by atomic mass is 10.2. The van der Waals surface area contributed by atoms with Crippen LogP contribution in [-0.4, -0.2) is 12.1 Å². The smallest absolute Gasteiger partial charge is 0.226 e. The van der Waals surface area contributed by atoms with Gasteiger partial charge in [0.1, 0.15) is 11.5 Å². The Morgan fingerprint density at radius 1 is 1.40 bits per heavy atom. The first-order valence-corrected chi connectivity index (χ1v) is 4.57. The number of rotatable bonds is 2. The molecule has 0 unspecified atom stereocenters. The maximum atomic E-state index is 5.78. The van der Waals surface area contributed by atoms with Crippen molar-refractivity contribution in [1.82, 2.24) is 4.98 Å². The fourth-order valence-electron chi connectivity index (χ4n) is 1.36. The number of ether oxygens (including phenoxy) is 1. The summed E-state index contributed by atoms with van der Waals surface area (Å²) in [4.78, 5) is 4.12. The third-order valence-corrected chi connectivity index (χ3v) is 2.10. The molecule has 1 aromatic carbocycles. The number of aromatic nitrogens is 1. The van der Waals surface area contributed by atoms with Gasteiger partial charge >= 0.3 is 0 Å². The molecular formula is C11H12N2O2. The lowest BCUT2D eigenvalue weighted by Gasteiger charge is -2.04. The Hall–Kier alpha value is -1.97. The minimum absolute atomic E-state index is 0.571. The van der Waals surface area contributed by atoms with E-state index in [0.29, 0.717) is 17.3 Å². The largest absolute Gasteiger partial charge is 0.495 e. The van der Waals surface area contributed by atoms with Crippen molar-refractivity contribution in [3.63, 3.8) is 0 Å². The van der Waals surface area contributed by atoms with Crippen LogP contribution in [0.5, 0.6) is 5.75 Å². The van der Waals surface area contributed by atoms with E-state index in [9.17, 15) is 0 Å². The molecule has 0 atom stereocenters. The molecule has 1 aromatic heterocycles. The molecule has 0 bridgehead atoms. The highest BCUT2D eigenvalue weighted by Gasteiger charge is 2.07. The molecule has 15 heavy (non-hydrogen) atoms. The Morgan fingerprint density at radius 3 is 2.73 bits per heavy atom. The zero-order valence-corrected chi connectivity index (χ0v) is 8.65. The molecule has 78 valence electrons. The predicted octanol–water partition coefficient (Wildman–Crippen LogP) is 2.24. The molecule has 0 aliphatic carbocycles. The Bertz CT molecular complexity index is 477. The number of methoxy groups -OCH3 is 1. The lowest BCUT2D eigenvalue weighted by Crippen LogP contribution is -1.92. The molecule has 1 heterocycles. The van der Waals surface area contributed by atoms with Gasteiger partial charge in [-0.25, -0.2) is 4.98 Å². The van der Waals surface area contributed by atoms with Crippen molar-refractivity contribution in [2.45, 2.75) is 6.92 Å². The van der Waals surface area contributed by atoms with E-state index in [2.05, 4.69) is 4.98 Å². The van der Waals surface area contributed by atoms with Gasteiger partial charge in [-0.15, -0.1) is 0 Å². The second-order valence-corrected chi connectivity index (χ2v) is 3.23. The monoisotopic (exact) mass is 204 g/mol. The molecule has 0 aliphatic heterocycles. The van der Waals surface area contributed by atoms with Gasteiger partial charge in [0.15, 0.2) is 0 Å². The van der Waals surface area contributed by atoms with E-state index in [1.807, 2.05) is 13.0 Å². The van der Waals surface area contributed by atoms with E-state index in [0.717, 1.165) is 11.3 Å². The summed E-state index contributed by atoms with van der Waals surface area (Å²) in [6, 6.07) is 5.44. The molecule has 2 rings (SSSR count). The predicted molar refractivity (Wildman–Crippen MR) is 57.6 cm³/mol. The fourth-order valence-corrected chi connectivity index (χ4v) is 1.36. The van der Waals surface area contributed by atoms with E-state index in [1.54, 1.807) is 25.4 Å². The van der Waals surface area contributed by atoms with Gasteiger partial charge in [-0.2, -0.15) is 0 Å². The number of nitrogens with zero attached hydrogens (tertiary/aromatic N) is 1. The van der Waals surface area contributed by atoms with E-state index >= 15 is 0 Å². The lowest BCUT2D eigenvalue weighted by molar-refractivity contribution is 0.417. The SMILES string of the molecule is COc1ccc(-c2ncc(C)o2)cc1N. The van der Waals surface area contributed by atoms with Gasteiger partial charge in [-0.3, -0.25) is 0 Å². The molecular weight excluding hydrogens is 192 g/mol. The Kier molecular flexibility index (Phi) is 2.33. The van der Waals surface area contributed by atoms with Crippen LogP contribution in [0.1, 0.15) is 5.76 Å². The minimum Gasteiger partial charge on any atom is -0.495 e. The first-order chi connectivity index (χ1) is 7.20. The second-order valence-electron chi connectivity index (χ2n) is 3.23. The topological polar surface area (TPSA) is 61.3 Å². The summed E-state index contributed by atoms with van der Waals surface area (Å²) >= 11 is 0. The van der Waals surface area contributed by atoms with Crippen LogP contribution in [0.15, 0.2) is 28.8 Å². The number of nitrogen functional groups attached to an aromatic ring is 1.